The smallest absolute Gasteiger partial charge is 0.296 e. The van der Waals surface area contributed by atoms with Gasteiger partial charge in [-0.25, -0.2) is 0 Å². The Hall–Kier alpha value is -1.33. The number of nitrogens with two attached hydrogens (primary N) is 1. The second-order valence-corrected chi connectivity index (χ2v) is 4.75. The molecule has 0 bridgehead atoms. The summed E-state index contributed by atoms with van der Waals surface area (Å²) in [6.45, 7) is 3.75. The van der Waals surface area contributed by atoms with Crippen molar-refractivity contribution in [3.63, 3.8) is 0 Å². The van der Waals surface area contributed by atoms with Crippen LogP contribution in [0.3, 0.4) is 0 Å². The minimum atomic E-state index is -4.26. The molecule has 1 aromatic carbocycles. The molecule has 5 heteroatoms. The fraction of sp³-hybridized carbons (Fsp3) is 0.273. The standard InChI is InChI=1S/C11H15NO3S/c1-3-5-8-6-7-10(16(13,14)15)11(12)9(8)4-2/h4-7H,3,12H2,1-2H3,(H,13,14,15)/b8-5-,9-4+. The van der Waals surface area contributed by atoms with Gasteiger partial charge in [0.15, 0.2) is 0 Å². The van der Waals surface area contributed by atoms with Gasteiger partial charge in [0.05, 0.1) is 5.69 Å². The molecule has 0 spiro atoms. The summed E-state index contributed by atoms with van der Waals surface area (Å²) in [5.41, 5.74) is 5.81. The maximum absolute atomic E-state index is 11.0. The molecule has 0 aliphatic rings. The van der Waals surface area contributed by atoms with E-state index in [1.165, 1.54) is 6.07 Å². The summed E-state index contributed by atoms with van der Waals surface area (Å²) >= 11 is 0. The molecule has 16 heavy (non-hydrogen) atoms. The van der Waals surface area contributed by atoms with Crippen molar-refractivity contribution in [2.45, 2.75) is 25.2 Å². The van der Waals surface area contributed by atoms with Gasteiger partial charge < -0.3 is 5.73 Å². The normalized spacial score (nSPS) is 14.4. The zero-order chi connectivity index (χ0) is 12.3. The predicted molar refractivity (Wildman–Crippen MR) is 64.8 cm³/mol. The number of anilines is 1. The first-order valence-electron chi connectivity index (χ1n) is 4.94. The van der Waals surface area contributed by atoms with Crippen LogP contribution in [0.5, 0.6) is 0 Å². The molecule has 0 saturated heterocycles. The van der Waals surface area contributed by atoms with Crippen LogP contribution in [0.1, 0.15) is 20.3 Å². The first kappa shape index (κ1) is 12.7. The fourth-order valence-electron chi connectivity index (χ4n) is 1.58. The summed E-state index contributed by atoms with van der Waals surface area (Å²) in [7, 11) is -4.26. The van der Waals surface area contributed by atoms with Crippen LogP contribution < -0.4 is 16.2 Å². The zero-order valence-electron chi connectivity index (χ0n) is 9.27. The molecule has 0 unspecified atom stereocenters. The molecule has 0 atom stereocenters. The van der Waals surface area contributed by atoms with E-state index in [0.29, 0.717) is 5.22 Å². The van der Waals surface area contributed by atoms with E-state index >= 15 is 0 Å². The van der Waals surface area contributed by atoms with Crippen molar-refractivity contribution in [1.82, 2.24) is 0 Å². The molecule has 0 saturated carbocycles. The van der Waals surface area contributed by atoms with Gasteiger partial charge in [-0.1, -0.05) is 25.1 Å². The van der Waals surface area contributed by atoms with Crippen molar-refractivity contribution in [2.24, 2.45) is 0 Å². The van der Waals surface area contributed by atoms with E-state index in [1.54, 1.807) is 19.1 Å². The molecule has 0 aliphatic heterocycles. The molecule has 0 aliphatic carbocycles. The van der Waals surface area contributed by atoms with E-state index in [-0.39, 0.29) is 10.6 Å². The van der Waals surface area contributed by atoms with E-state index in [1.807, 2.05) is 13.0 Å². The lowest BCUT2D eigenvalue weighted by Crippen LogP contribution is -2.29. The molecule has 0 radical (unpaired) electrons. The minimum Gasteiger partial charge on any atom is -0.397 e. The lowest BCUT2D eigenvalue weighted by molar-refractivity contribution is 0.483. The SMILES string of the molecule is C/C=c1/c(N)c(S(=O)(=O)O)cc/c1=C/CC. The highest BCUT2D eigenvalue weighted by atomic mass is 32.2. The van der Waals surface area contributed by atoms with E-state index < -0.39 is 10.1 Å². The number of nitrogen functional groups attached to an aromatic ring is 1. The van der Waals surface area contributed by atoms with Crippen LogP contribution >= 0.6 is 0 Å². The Morgan fingerprint density at radius 1 is 1.44 bits per heavy atom. The summed E-state index contributed by atoms with van der Waals surface area (Å²) in [6.07, 6.45) is 4.50. The molecule has 0 aromatic heterocycles. The van der Waals surface area contributed by atoms with Crippen molar-refractivity contribution in [1.29, 1.82) is 0 Å². The molecule has 1 aromatic rings. The maximum Gasteiger partial charge on any atom is 0.296 e. The average molecular weight is 241 g/mol. The fourth-order valence-corrected chi connectivity index (χ4v) is 2.21. The third-order valence-corrected chi connectivity index (χ3v) is 3.18. The molecule has 0 amide bonds. The number of hydrogen-bond acceptors (Lipinski definition) is 3. The minimum absolute atomic E-state index is 0.0900. The van der Waals surface area contributed by atoms with Crippen molar-refractivity contribution in [2.75, 3.05) is 5.73 Å². The molecule has 4 nitrogen and oxygen atoms in total. The van der Waals surface area contributed by atoms with Crippen molar-refractivity contribution >= 4 is 28.0 Å². The Labute approximate surface area is 94.8 Å². The highest BCUT2D eigenvalue weighted by Crippen LogP contribution is 2.11. The quantitative estimate of drug-likeness (QED) is 0.584. The Kier molecular flexibility index (Phi) is 3.72. The van der Waals surface area contributed by atoms with E-state index in [0.717, 1.165) is 11.6 Å². The van der Waals surface area contributed by atoms with Crippen LogP contribution in [0.2, 0.25) is 0 Å². The van der Waals surface area contributed by atoms with Crippen LogP contribution in [0.15, 0.2) is 17.0 Å². The van der Waals surface area contributed by atoms with Crippen molar-refractivity contribution < 1.29 is 13.0 Å². The second-order valence-electron chi connectivity index (χ2n) is 3.36. The number of benzene rings is 1. The van der Waals surface area contributed by atoms with Crippen LogP contribution in [0, 0.1) is 0 Å². The molecular formula is C11H15NO3S. The molecular weight excluding hydrogens is 226 g/mol. The van der Waals surface area contributed by atoms with Gasteiger partial charge in [0.25, 0.3) is 10.1 Å². The van der Waals surface area contributed by atoms with E-state index in [9.17, 15) is 8.42 Å². The third-order valence-electron chi connectivity index (χ3n) is 2.27. The summed E-state index contributed by atoms with van der Waals surface area (Å²) in [5, 5.41) is 1.51. The zero-order valence-corrected chi connectivity index (χ0v) is 10.1. The van der Waals surface area contributed by atoms with Gasteiger partial charge in [-0.2, -0.15) is 8.42 Å². The van der Waals surface area contributed by atoms with Crippen LogP contribution in [0.25, 0.3) is 12.2 Å². The molecule has 3 N–H and O–H groups in total. The highest BCUT2D eigenvalue weighted by molar-refractivity contribution is 7.86. The molecule has 0 fully saturated rings. The maximum atomic E-state index is 11.0. The lowest BCUT2D eigenvalue weighted by atomic mass is 10.2. The van der Waals surface area contributed by atoms with Crippen molar-refractivity contribution in [3.8, 4) is 0 Å². The molecule has 0 heterocycles. The Morgan fingerprint density at radius 3 is 2.50 bits per heavy atom. The first-order valence-corrected chi connectivity index (χ1v) is 6.38. The van der Waals surface area contributed by atoms with Gasteiger partial charge >= 0.3 is 0 Å². The van der Waals surface area contributed by atoms with Crippen molar-refractivity contribution in [3.05, 3.63) is 22.6 Å². The lowest BCUT2D eigenvalue weighted by Gasteiger charge is -2.03. The monoisotopic (exact) mass is 241 g/mol. The van der Waals surface area contributed by atoms with Gasteiger partial charge in [0.2, 0.25) is 0 Å². The first-order chi connectivity index (χ1) is 7.41. The Bertz CT molecular complexity index is 603. The van der Waals surface area contributed by atoms with Gasteiger partial charge in [0, 0.05) is 5.22 Å². The largest absolute Gasteiger partial charge is 0.397 e. The summed E-state index contributed by atoms with van der Waals surface area (Å²) in [5.74, 6) is 0. The molecule has 1 rings (SSSR count). The van der Waals surface area contributed by atoms with Gasteiger partial charge in [-0.15, -0.1) is 0 Å². The van der Waals surface area contributed by atoms with Gasteiger partial charge in [0.1, 0.15) is 4.90 Å². The Morgan fingerprint density at radius 2 is 2.06 bits per heavy atom. The molecule has 88 valence electrons. The predicted octanol–water partition coefficient (Wildman–Crippen LogP) is 0.506. The third kappa shape index (κ3) is 2.43. The number of hydrogen-bond donors (Lipinski definition) is 2. The van der Waals surface area contributed by atoms with E-state index in [2.05, 4.69) is 0 Å². The highest BCUT2D eigenvalue weighted by Gasteiger charge is 2.13. The van der Waals surface area contributed by atoms with Crippen LogP contribution in [-0.4, -0.2) is 13.0 Å². The Balaban J connectivity index is 3.75. The van der Waals surface area contributed by atoms with Gasteiger partial charge in [-0.05, 0) is 24.6 Å². The summed E-state index contributed by atoms with van der Waals surface area (Å²) in [4.78, 5) is -0.242. The number of rotatable bonds is 2. The van der Waals surface area contributed by atoms with Gasteiger partial charge in [-0.3, -0.25) is 4.55 Å². The van der Waals surface area contributed by atoms with E-state index in [4.69, 9.17) is 10.3 Å². The summed E-state index contributed by atoms with van der Waals surface area (Å²) in [6, 6.07) is 2.96. The average Bonchev–Trinajstić information content (AvgIpc) is 2.16. The summed E-state index contributed by atoms with van der Waals surface area (Å²) < 4.78 is 31.1. The van der Waals surface area contributed by atoms with Crippen LogP contribution in [0.4, 0.5) is 5.69 Å². The van der Waals surface area contributed by atoms with Crippen LogP contribution in [-0.2, 0) is 10.1 Å². The second kappa shape index (κ2) is 4.67. The topological polar surface area (TPSA) is 80.4 Å².